The second kappa shape index (κ2) is 5.54. The normalized spacial score (nSPS) is 11.5. The fraction of sp³-hybridized carbons (Fsp3) is 0.182. The van der Waals surface area contributed by atoms with E-state index >= 15 is 0 Å². The molecule has 0 bridgehead atoms. The van der Waals surface area contributed by atoms with Gasteiger partial charge in [-0.25, -0.2) is 9.18 Å². The molecule has 1 aromatic heterocycles. The minimum atomic E-state index is -5.48. The van der Waals surface area contributed by atoms with Gasteiger partial charge >= 0.3 is 12.9 Å². The third-order valence-electron chi connectivity index (χ3n) is 2.65. The monoisotopic (exact) mass is 302 g/mol. The molecule has 1 heterocycles. The van der Waals surface area contributed by atoms with Crippen LogP contribution < -0.4 is 5.46 Å². The van der Waals surface area contributed by atoms with E-state index in [0.29, 0.717) is 0 Å². The topological polar surface area (TPSA) is 67.9 Å². The fourth-order valence-corrected chi connectivity index (χ4v) is 1.81. The Bertz CT molecular complexity index is 672. The predicted octanol–water partition coefficient (Wildman–Crippen LogP) is 1.84. The molecule has 0 saturated carbocycles. The average Bonchev–Trinajstić information content (AvgIpc) is 2.86. The number of H-pyrrole nitrogens is 1. The van der Waals surface area contributed by atoms with Crippen molar-refractivity contribution < 1.29 is 26.9 Å². The first-order valence-corrected chi connectivity index (χ1v) is 5.92. The molecule has 0 radical (unpaired) electrons. The van der Waals surface area contributed by atoms with Crippen LogP contribution in [-0.2, 0) is 4.74 Å². The summed E-state index contributed by atoms with van der Waals surface area (Å²) in [6.45, 7) is -3.97. The van der Waals surface area contributed by atoms with Crippen LogP contribution in [0, 0.1) is 5.82 Å². The molecule has 0 unspecified atom stereocenters. The number of aromatic nitrogens is 3. The number of nitrogens with one attached hydrogen (secondary N) is 1. The van der Waals surface area contributed by atoms with E-state index in [2.05, 4.69) is 14.9 Å². The van der Waals surface area contributed by atoms with Gasteiger partial charge in [-0.2, -0.15) is 10.3 Å². The van der Waals surface area contributed by atoms with Crippen molar-refractivity contribution in [2.45, 2.75) is 6.92 Å². The minimum absolute atomic E-state index is 0.00152. The summed E-state index contributed by atoms with van der Waals surface area (Å²) in [6, 6.07) is 2.51. The van der Waals surface area contributed by atoms with Gasteiger partial charge in [0, 0.05) is 5.56 Å². The van der Waals surface area contributed by atoms with Crippen molar-refractivity contribution in [3.8, 4) is 11.3 Å². The summed E-state index contributed by atoms with van der Waals surface area (Å²) in [5.74, 6) is -2.13. The van der Waals surface area contributed by atoms with E-state index < -0.39 is 41.2 Å². The molecule has 21 heavy (non-hydrogen) atoms. The van der Waals surface area contributed by atoms with Crippen LogP contribution in [0.4, 0.5) is 17.3 Å². The molecular formula is C11H9BF4N3O2-. The van der Waals surface area contributed by atoms with Gasteiger partial charge in [-0.05, 0) is 13.0 Å². The molecule has 2 aromatic rings. The number of rotatable bonds is 4. The largest absolute Gasteiger partial charge is 0.510 e. The predicted molar refractivity (Wildman–Crippen MR) is 66.4 cm³/mol. The summed E-state index contributed by atoms with van der Waals surface area (Å²) in [7, 11) is 0. The van der Waals surface area contributed by atoms with Crippen LogP contribution in [0.3, 0.4) is 0 Å². The highest BCUT2D eigenvalue weighted by Gasteiger charge is 2.33. The van der Waals surface area contributed by atoms with Crippen LogP contribution in [0.2, 0.25) is 0 Å². The molecule has 0 spiro atoms. The number of aromatic amines is 1. The molecule has 0 fully saturated rings. The Hall–Kier alpha value is -2.39. The number of ether oxygens (including phenoxy) is 1. The highest BCUT2D eigenvalue weighted by Crippen LogP contribution is 2.25. The first-order valence-electron chi connectivity index (χ1n) is 5.92. The van der Waals surface area contributed by atoms with Gasteiger partial charge in [-0.1, -0.05) is 17.6 Å². The van der Waals surface area contributed by atoms with E-state index in [9.17, 15) is 22.1 Å². The van der Waals surface area contributed by atoms with Gasteiger partial charge in [0.05, 0.1) is 6.61 Å². The van der Waals surface area contributed by atoms with Crippen LogP contribution in [0.15, 0.2) is 18.2 Å². The van der Waals surface area contributed by atoms with Crippen molar-refractivity contribution in [3.05, 3.63) is 29.7 Å². The van der Waals surface area contributed by atoms with Crippen LogP contribution >= 0.6 is 0 Å². The number of carbonyl (C=O) groups is 1. The van der Waals surface area contributed by atoms with Gasteiger partial charge in [0.1, 0.15) is 11.5 Å². The summed E-state index contributed by atoms with van der Waals surface area (Å²) in [4.78, 5) is 11.6. The third-order valence-corrected chi connectivity index (χ3v) is 2.65. The Balaban J connectivity index is 2.64. The minimum Gasteiger partial charge on any atom is -0.461 e. The van der Waals surface area contributed by atoms with E-state index in [1.54, 1.807) is 0 Å². The fourth-order valence-electron chi connectivity index (χ4n) is 1.81. The molecule has 1 N–H and O–H groups in total. The Morgan fingerprint density at radius 3 is 2.67 bits per heavy atom. The van der Waals surface area contributed by atoms with Gasteiger partial charge in [-0.15, -0.1) is 5.10 Å². The van der Waals surface area contributed by atoms with Crippen LogP contribution in [0.5, 0.6) is 0 Å². The molecule has 0 aliphatic carbocycles. The zero-order valence-electron chi connectivity index (χ0n) is 10.7. The molecular weight excluding hydrogens is 293 g/mol. The number of halogens is 4. The van der Waals surface area contributed by atoms with Gasteiger partial charge < -0.3 is 17.7 Å². The van der Waals surface area contributed by atoms with E-state index in [1.807, 2.05) is 5.21 Å². The number of carbonyl (C=O) groups excluding carboxylic acids is 1. The lowest BCUT2D eigenvalue weighted by molar-refractivity contribution is 0.0520. The number of benzene rings is 1. The number of hydrogen-bond donors (Lipinski definition) is 1. The summed E-state index contributed by atoms with van der Waals surface area (Å²) in [5.41, 5.74) is -3.03. The second-order valence-electron chi connectivity index (χ2n) is 4.02. The van der Waals surface area contributed by atoms with Crippen molar-refractivity contribution in [1.29, 1.82) is 0 Å². The SMILES string of the molecule is CCOC(=O)c1n[nH]nc1-c1c(F)cccc1[B-](F)(F)F. The maximum Gasteiger partial charge on any atom is 0.510 e. The molecule has 0 saturated heterocycles. The van der Waals surface area contributed by atoms with Gasteiger partial charge in [0.15, 0.2) is 5.69 Å². The first-order chi connectivity index (χ1) is 9.86. The van der Waals surface area contributed by atoms with Gasteiger partial charge in [0.2, 0.25) is 0 Å². The smallest absolute Gasteiger partial charge is 0.461 e. The third kappa shape index (κ3) is 2.88. The number of nitrogens with zero attached hydrogens (tertiary/aromatic N) is 2. The molecule has 0 aliphatic rings. The molecule has 0 atom stereocenters. The molecule has 10 heteroatoms. The van der Waals surface area contributed by atoms with Crippen molar-refractivity contribution >= 4 is 18.4 Å². The van der Waals surface area contributed by atoms with E-state index in [4.69, 9.17) is 0 Å². The first kappa shape index (κ1) is 15.0. The van der Waals surface area contributed by atoms with Crippen LogP contribution in [0.1, 0.15) is 17.4 Å². The molecule has 112 valence electrons. The zero-order valence-corrected chi connectivity index (χ0v) is 10.7. The lowest BCUT2D eigenvalue weighted by Gasteiger charge is -2.19. The highest BCUT2D eigenvalue weighted by molar-refractivity contribution is 6.75. The average molecular weight is 302 g/mol. The Morgan fingerprint density at radius 1 is 1.33 bits per heavy atom. The number of esters is 1. The van der Waals surface area contributed by atoms with E-state index in [-0.39, 0.29) is 6.61 Å². The van der Waals surface area contributed by atoms with Crippen molar-refractivity contribution in [2.75, 3.05) is 6.61 Å². The Kier molecular flexibility index (Phi) is 3.96. The van der Waals surface area contributed by atoms with Gasteiger partial charge in [-0.3, -0.25) is 0 Å². The maximum atomic E-state index is 13.8. The van der Waals surface area contributed by atoms with Crippen molar-refractivity contribution in [1.82, 2.24) is 15.4 Å². The van der Waals surface area contributed by atoms with Crippen molar-refractivity contribution in [3.63, 3.8) is 0 Å². The summed E-state index contributed by atoms with van der Waals surface area (Å²) in [5, 5.41) is 8.91. The van der Waals surface area contributed by atoms with Crippen molar-refractivity contribution in [2.24, 2.45) is 0 Å². The number of hydrogen-bond acceptors (Lipinski definition) is 4. The molecule has 2 rings (SSSR count). The standard InChI is InChI=1S/C11H9BF4N3O2/c1-2-21-11(20)10-9(17-19-18-10)8-6(12(14,15)16)4-3-5-7(8)13/h3-5H,2H2,1H3,(H,17,18,19)/q-1. The Labute approximate surface area is 116 Å². The zero-order chi connectivity index (χ0) is 15.6. The summed E-state index contributed by atoms with van der Waals surface area (Å²) in [6.07, 6.45) is 0. The molecule has 0 amide bonds. The molecule has 0 aliphatic heterocycles. The van der Waals surface area contributed by atoms with Gasteiger partial charge in [0.25, 0.3) is 0 Å². The van der Waals surface area contributed by atoms with Crippen LogP contribution in [-0.4, -0.2) is 35.0 Å². The summed E-state index contributed by atoms with van der Waals surface area (Å²) >= 11 is 0. The highest BCUT2D eigenvalue weighted by atomic mass is 19.4. The molecule has 5 nitrogen and oxygen atoms in total. The molecule has 1 aromatic carbocycles. The van der Waals surface area contributed by atoms with Crippen LogP contribution in [0.25, 0.3) is 11.3 Å². The second-order valence-corrected chi connectivity index (χ2v) is 4.02. The maximum absolute atomic E-state index is 13.8. The lowest BCUT2D eigenvalue weighted by atomic mass is 9.75. The quantitative estimate of drug-likeness (QED) is 0.531. The lowest BCUT2D eigenvalue weighted by Crippen LogP contribution is -2.36. The van der Waals surface area contributed by atoms with E-state index in [1.165, 1.54) is 6.92 Å². The van der Waals surface area contributed by atoms with E-state index in [0.717, 1.165) is 18.2 Å². The summed E-state index contributed by atoms with van der Waals surface area (Å²) < 4.78 is 57.6. The Morgan fingerprint density at radius 2 is 2.05 bits per heavy atom.